The van der Waals surface area contributed by atoms with Gasteiger partial charge >= 0.3 is 24.4 Å². The number of alkyl halides is 6. The monoisotopic (exact) mass is 724 g/mol. The van der Waals surface area contributed by atoms with E-state index in [-0.39, 0.29) is 42.1 Å². The molecule has 1 saturated heterocycles. The summed E-state index contributed by atoms with van der Waals surface area (Å²) in [5.41, 5.74) is -2.67. The molecule has 2 aromatic heterocycles. The van der Waals surface area contributed by atoms with Gasteiger partial charge in [-0.3, -0.25) is 9.48 Å². The molecule has 51 heavy (non-hydrogen) atoms. The normalized spacial score (nSPS) is 22.7. The Kier molecular flexibility index (Phi) is 10.6. The molecule has 1 amide bonds. The summed E-state index contributed by atoms with van der Waals surface area (Å²) in [5.74, 6) is -0.952. The van der Waals surface area contributed by atoms with Crippen molar-refractivity contribution in [3.05, 3.63) is 59.7 Å². The number of hydrogen-bond acceptors (Lipinski definition) is 7. The van der Waals surface area contributed by atoms with Crippen LogP contribution in [0.5, 0.6) is 0 Å². The maximum atomic E-state index is 13.8. The first kappa shape index (κ1) is 37.9. The summed E-state index contributed by atoms with van der Waals surface area (Å²) in [5, 5.41) is 13.7. The molecule has 16 heteroatoms. The van der Waals surface area contributed by atoms with Crippen molar-refractivity contribution in [3.8, 4) is 11.1 Å². The van der Waals surface area contributed by atoms with Gasteiger partial charge in [0.05, 0.1) is 22.7 Å². The van der Waals surface area contributed by atoms with Gasteiger partial charge < -0.3 is 19.6 Å². The van der Waals surface area contributed by atoms with Crippen LogP contribution in [0.4, 0.5) is 37.1 Å². The van der Waals surface area contributed by atoms with Crippen molar-refractivity contribution < 1.29 is 45.8 Å². The molecule has 3 heterocycles. The summed E-state index contributed by atoms with van der Waals surface area (Å²) in [6.45, 7) is 6.72. The lowest BCUT2D eigenvalue weighted by Crippen LogP contribution is -2.58. The van der Waals surface area contributed by atoms with Gasteiger partial charge in [-0.2, -0.15) is 31.4 Å². The van der Waals surface area contributed by atoms with Crippen LogP contribution in [0.3, 0.4) is 0 Å². The number of hydrogen-bond donors (Lipinski definition) is 1. The van der Waals surface area contributed by atoms with E-state index in [0.717, 1.165) is 5.56 Å². The van der Waals surface area contributed by atoms with Crippen LogP contribution in [0.2, 0.25) is 0 Å². The number of carbonyl (C=O) groups is 2. The number of piperidine rings is 1. The molecule has 1 saturated carbocycles. The van der Waals surface area contributed by atoms with Crippen LogP contribution in [0, 0.1) is 11.3 Å². The van der Waals surface area contributed by atoms with Crippen LogP contribution in [0.15, 0.2) is 43.0 Å². The van der Waals surface area contributed by atoms with Crippen molar-refractivity contribution in [3.63, 3.8) is 0 Å². The Labute approximate surface area is 291 Å². The van der Waals surface area contributed by atoms with Gasteiger partial charge in [-0.15, -0.1) is 0 Å². The number of ether oxygens (including phenoxy) is 1. The third-order valence-electron chi connectivity index (χ3n) is 10.3. The number of aryl methyl sites for hydroxylation is 1. The first-order chi connectivity index (χ1) is 23.8. The zero-order chi connectivity index (χ0) is 37.5. The summed E-state index contributed by atoms with van der Waals surface area (Å²) in [4.78, 5) is 37.6. The highest BCUT2D eigenvalue weighted by atomic mass is 19.4. The maximum Gasteiger partial charge on any atom is 0.416 e. The molecule has 2 aliphatic rings. The van der Waals surface area contributed by atoms with Gasteiger partial charge in [0.25, 0.3) is 0 Å². The molecule has 3 aromatic rings. The Morgan fingerprint density at radius 3 is 1.88 bits per heavy atom. The average Bonchev–Trinajstić information content (AvgIpc) is 3.49. The predicted octanol–water partition coefficient (Wildman–Crippen LogP) is 7.97. The first-order valence-electron chi connectivity index (χ1n) is 16.9. The molecule has 3 atom stereocenters. The third kappa shape index (κ3) is 8.25. The Balaban J connectivity index is 1.44. The van der Waals surface area contributed by atoms with Crippen molar-refractivity contribution in [2.45, 2.75) is 109 Å². The Morgan fingerprint density at radius 2 is 1.43 bits per heavy atom. The van der Waals surface area contributed by atoms with Crippen molar-refractivity contribution in [1.82, 2.24) is 24.6 Å². The summed E-state index contributed by atoms with van der Waals surface area (Å²) in [6, 6.07) is 0.301. The van der Waals surface area contributed by atoms with Crippen molar-refractivity contribution >= 4 is 18.0 Å². The minimum Gasteiger partial charge on any atom is -0.481 e. The standard InChI is InChI=1S/C35H42F6N6O4/c1-6-26-13-28(14-27(7-2)47(26)32(50)51-29-11-23(12-29)33(3,4)30(48)49)46(31-42-15-21(16-43-31)22-17-44-45(5)19-22)18-20-8-24(34(36,37)38)10-25(9-20)35(39,40)41/h8-10,15-17,19,23,26-29H,6-7,11-14,18H2,1-5H3,(H,48,49)/t23?,26-,27+,28?,29?. The Bertz CT molecular complexity index is 1660. The largest absolute Gasteiger partial charge is 0.481 e. The van der Waals surface area contributed by atoms with Gasteiger partial charge in [0, 0.05) is 61.4 Å². The first-order valence-corrected chi connectivity index (χ1v) is 16.9. The molecule has 1 unspecified atom stereocenters. The zero-order valence-electron chi connectivity index (χ0n) is 29.0. The fourth-order valence-corrected chi connectivity index (χ4v) is 7.02. The molecule has 10 nitrogen and oxygen atoms in total. The number of likely N-dealkylation sites (tertiary alicyclic amines) is 1. The molecular weight excluding hydrogens is 682 g/mol. The number of aliphatic carboxylic acids is 1. The number of anilines is 1. The maximum absolute atomic E-state index is 13.8. The number of nitrogens with zero attached hydrogens (tertiary/aromatic N) is 6. The molecule has 1 aliphatic carbocycles. The quantitative estimate of drug-likeness (QED) is 0.210. The number of amides is 1. The highest BCUT2D eigenvalue weighted by molar-refractivity contribution is 5.74. The number of carboxylic acid groups (broad SMARTS) is 1. The van der Waals surface area contributed by atoms with Crippen LogP contribution in [-0.4, -0.2) is 66.0 Å². The van der Waals surface area contributed by atoms with Crippen LogP contribution in [0.1, 0.15) is 82.9 Å². The number of carbonyl (C=O) groups excluding carboxylic acids is 1. The average molecular weight is 725 g/mol. The zero-order valence-corrected chi connectivity index (χ0v) is 29.0. The molecule has 278 valence electrons. The van der Waals surface area contributed by atoms with Crippen molar-refractivity contribution in [2.75, 3.05) is 4.90 Å². The smallest absolute Gasteiger partial charge is 0.416 e. The van der Waals surface area contributed by atoms with E-state index in [1.54, 1.807) is 47.8 Å². The molecule has 1 N–H and O–H groups in total. The second-order valence-electron chi connectivity index (χ2n) is 14.1. The number of benzene rings is 1. The third-order valence-corrected chi connectivity index (χ3v) is 10.3. The Hall–Kier alpha value is -4.37. The minimum atomic E-state index is -5.02. The molecular formula is C35H42F6N6O4. The van der Waals surface area contributed by atoms with Gasteiger partial charge in [-0.1, -0.05) is 13.8 Å². The summed E-state index contributed by atoms with van der Waals surface area (Å²) in [6.07, 6.45) is -2.09. The fraction of sp³-hybridized carbons (Fsp3) is 0.571. The van der Waals surface area contributed by atoms with Gasteiger partial charge in [-0.05, 0) is 82.1 Å². The van der Waals surface area contributed by atoms with Crippen molar-refractivity contribution in [1.29, 1.82) is 0 Å². The van der Waals surface area contributed by atoms with E-state index in [0.29, 0.717) is 56.2 Å². The fourth-order valence-electron chi connectivity index (χ4n) is 7.02. The number of carboxylic acids is 1. The van der Waals surface area contributed by atoms with E-state index in [1.807, 2.05) is 13.8 Å². The van der Waals surface area contributed by atoms with Crippen LogP contribution in [0.25, 0.3) is 11.1 Å². The van der Waals surface area contributed by atoms with E-state index in [4.69, 9.17) is 4.74 Å². The molecule has 0 bridgehead atoms. The number of halogens is 6. The highest BCUT2D eigenvalue weighted by Crippen LogP contribution is 2.44. The van der Waals surface area contributed by atoms with Gasteiger partial charge in [0.15, 0.2) is 0 Å². The van der Waals surface area contributed by atoms with E-state index < -0.39 is 53.1 Å². The van der Waals surface area contributed by atoms with Crippen molar-refractivity contribution in [2.24, 2.45) is 18.4 Å². The predicted molar refractivity (Wildman–Crippen MR) is 174 cm³/mol. The van der Waals surface area contributed by atoms with E-state index in [1.165, 1.54) is 12.4 Å². The summed E-state index contributed by atoms with van der Waals surface area (Å²) >= 11 is 0. The van der Waals surface area contributed by atoms with Gasteiger partial charge in [0.1, 0.15) is 6.10 Å². The molecule has 5 rings (SSSR count). The van der Waals surface area contributed by atoms with Gasteiger partial charge in [0.2, 0.25) is 5.95 Å². The lowest BCUT2D eigenvalue weighted by Gasteiger charge is -2.49. The lowest BCUT2D eigenvalue weighted by atomic mass is 9.66. The molecule has 1 aliphatic heterocycles. The molecule has 0 radical (unpaired) electrons. The van der Waals surface area contributed by atoms with E-state index in [9.17, 15) is 41.0 Å². The second kappa shape index (κ2) is 14.3. The van der Waals surface area contributed by atoms with Crippen LogP contribution < -0.4 is 4.90 Å². The molecule has 2 fully saturated rings. The van der Waals surface area contributed by atoms with Crippen LogP contribution >= 0.6 is 0 Å². The molecule has 0 spiro atoms. The number of rotatable bonds is 10. The van der Waals surface area contributed by atoms with E-state index >= 15 is 0 Å². The van der Waals surface area contributed by atoms with Gasteiger partial charge in [-0.25, -0.2) is 14.8 Å². The summed E-state index contributed by atoms with van der Waals surface area (Å²) in [7, 11) is 1.74. The summed E-state index contributed by atoms with van der Waals surface area (Å²) < 4.78 is 90.4. The highest BCUT2D eigenvalue weighted by Gasteiger charge is 2.48. The number of aromatic nitrogens is 4. The lowest BCUT2D eigenvalue weighted by molar-refractivity contribution is -0.155. The SMILES string of the molecule is CC[C@@H]1CC(N(Cc2cc(C(F)(F)F)cc(C(F)(F)F)c2)c2ncc(-c3cnn(C)c3)cn2)C[C@H](CC)N1C(=O)OC1CC(C(C)(C)C(=O)O)C1. The van der Waals surface area contributed by atoms with Crippen LogP contribution in [-0.2, 0) is 35.5 Å². The Morgan fingerprint density at radius 1 is 0.882 bits per heavy atom. The second-order valence-corrected chi connectivity index (χ2v) is 14.1. The minimum absolute atomic E-state index is 0.102. The molecule has 1 aromatic carbocycles. The van der Waals surface area contributed by atoms with E-state index in [2.05, 4.69) is 15.1 Å². The topological polar surface area (TPSA) is 114 Å².